The Balaban J connectivity index is 1.98. The number of esters is 1. The molecule has 2 aromatic rings. The van der Waals surface area contributed by atoms with Crippen LogP contribution in [0, 0.1) is 6.92 Å². The molecule has 2 N–H and O–H groups in total. The van der Waals surface area contributed by atoms with E-state index in [1.165, 1.54) is 17.0 Å². The van der Waals surface area contributed by atoms with Gasteiger partial charge in [-0.1, -0.05) is 41.4 Å². The van der Waals surface area contributed by atoms with Gasteiger partial charge in [0.2, 0.25) is 10.0 Å². The number of rotatable bonds is 6. The minimum absolute atomic E-state index is 0.0718. The van der Waals surface area contributed by atoms with E-state index in [2.05, 4.69) is 0 Å². The van der Waals surface area contributed by atoms with Crippen molar-refractivity contribution >= 4 is 33.5 Å². The van der Waals surface area contributed by atoms with E-state index in [0.717, 1.165) is 17.2 Å². The zero-order valence-electron chi connectivity index (χ0n) is 14.8. The molecule has 7 nitrogen and oxygen atoms in total. The highest BCUT2D eigenvalue weighted by molar-refractivity contribution is 7.89. The first-order valence-electron chi connectivity index (χ1n) is 7.87. The van der Waals surface area contributed by atoms with E-state index in [0.29, 0.717) is 6.54 Å². The van der Waals surface area contributed by atoms with Crippen molar-refractivity contribution < 1.29 is 22.7 Å². The maximum absolute atomic E-state index is 12.1. The monoisotopic (exact) mass is 410 g/mol. The summed E-state index contributed by atoms with van der Waals surface area (Å²) in [6, 6.07) is 11.2. The number of sulfonamides is 1. The van der Waals surface area contributed by atoms with Crippen molar-refractivity contribution in [3.8, 4) is 0 Å². The van der Waals surface area contributed by atoms with Crippen LogP contribution in [0.1, 0.15) is 21.5 Å². The van der Waals surface area contributed by atoms with Crippen LogP contribution in [-0.2, 0) is 26.1 Å². The van der Waals surface area contributed by atoms with Crippen LogP contribution in [0.25, 0.3) is 0 Å². The summed E-state index contributed by atoms with van der Waals surface area (Å²) in [5, 5.41) is 4.94. The standard InChI is InChI=1S/C18H19ClN2O5S/c1-12-3-5-13(6-4-12)10-21(2)17(22)11-26-18(23)14-7-8-15(19)16(9-14)27(20,24)25/h3-9H,10-11H2,1-2H3,(H2,20,24,25). The third-order valence-corrected chi connectivity index (χ3v) is 5.16. The predicted molar refractivity (Wildman–Crippen MR) is 101 cm³/mol. The molecule has 0 aliphatic rings. The molecule has 0 atom stereocenters. The zero-order chi connectivity index (χ0) is 20.2. The van der Waals surface area contributed by atoms with E-state index in [1.54, 1.807) is 7.05 Å². The average molecular weight is 411 g/mol. The molecule has 2 rings (SSSR count). The third kappa shape index (κ3) is 5.78. The minimum atomic E-state index is -4.09. The highest BCUT2D eigenvalue weighted by atomic mass is 35.5. The Morgan fingerprint density at radius 2 is 1.78 bits per heavy atom. The zero-order valence-corrected chi connectivity index (χ0v) is 16.4. The summed E-state index contributed by atoms with van der Waals surface area (Å²) < 4.78 is 27.9. The van der Waals surface area contributed by atoms with Gasteiger partial charge in [-0.2, -0.15) is 0 Å². The molecule has 0 heterocycles. The number of carbonyl (C=O) groups excluding carboxylic acids is 2. The average Bonchev–Trinajstić information content (AvgIpc) is 2.60. The van der Waals surface area contributed by atoms with Crippen LogP contribution in [0.2, 0.25) is 5.02 Å². The molecule has 0 radical (unpaired) electrons. The first kappa shape index (κ1) is 20.9. The van der Waals surface area contributed by atoms with Crippen LogP contribution in [-0.4, -0.2) is 38.8 Å². The van der Waals surface area contributed by atoms with Gasteiger partial charge in [-0.3, -0.25) is 4.79 Å². The van der Waals surface area contributed by atoms with E-state index < -0.39 is 28.5 Å². The summed E-state index contributed by atoms with van der Waals surface area (Å²) in [6.07, 6.45) is 0. The van der Waals surface area contributed by atoms with Gasteiger partial charge in [-0.15, -0.1) is 0 Å². The maximum Gasteiger partial charge on any atom is 0.338 e. The molecule has 0 unspecified atom stereocenters. The summed E-state index contributed by atoms with van der Waals surface area (Å²) in [5.74, 6) is -1.25. The predicted octanol–water partition coefficient (Wildman–Crippen LogP) is 2.11. The molecule has 0 aliphatic heterocycles. The van der Waals surface area contributed by atoms with E-state index in [1.807, 2.05) is 31.2 Å². The van der Waals surface area contributed by atoms with Crippen LogP contribution < -0.4 is 5.14 Å². The van der Waals surface area contributed by atoms with E-state index in [-0.39, 0.29) is 15.5 Å². The molecule has 0 spiro atoms. The summed E-state index contributed by atoms with van der Waals surface area (Å²) in [7, 11) is -2.49. The first-order chi connectivity index (χ1) is 12.6. The van der Waals surface area contributed by atoms with Gasteiger partial charge in [0.15, 0.2) is 6.61 Å². The van der Waals surface area contributed by atoms with E-state index in [9.17, 15) is 18.0 Å². The smallest absolute Gasteiger partial charge is 0.338 e. The fraction of sp³-hybridized carbons (Fsp3) is 0.222. The van der Waals surface area contributed by atoms with Crippen molar-refractivity contribution in [3.63, 3.8) is 0 Å². The Morgan fingerprint density at radius 3 is 2.37 bits per heavy atom. The number of aryl methyl sites for hydroxylation is 1. The molecule has 1 amide bonds. The largest absolute Gasteiger partial charge is 0.452 e. The number of ether oxygens (including phenoxy) is 1. The first-order valence-corrected chi connectivity index (χ1v) is 9.79. The Kier molecular flexibility index (Phi) is 6.59. The Morgan fingerprint density at radius 1 is 1.15 bits per heavy atom. The molecule has 0 bridgehead atoms. The SMILES string of the molecule is Cc1ccc(CN(C)C(=O)COC(=O)c2ccc(Cl)c(S(N)(=O)=O)c2)cc1. The number of nitrogens with zero attached hydrogens (tertiary/aromatic N) is 1. The maximum atomic E-state index is 12.1. The second-order valence-corrected chi connectivity index (χ2v) is 7.94. The van der Waals surface area contributed by atoms with Gasteiger partial charge in [-0.25, -0.2) is 18.4 Å². The van der Waals surface area contributed by atoms with Gasteiger partial charge < -0.3 is 9.64 Å². The number of amides is 1. The molecular formula is C18H19ClN2O5S. The van der Waals surface area contributed by atoms with Crippen molar-refractivity contribution in [2.24, 2.45) is 5.14 Å². The van der Waals surface area contributed by atoms with Crippen LogP contribution in [0.15, 0.2) is 47.4 Å². The van der Waals surface area contributed by atoms with Crippen LogP contribution >= 0.6 is 11.6 Å². The number of nitrogens with two attached hydrogens (primary N) is 1. The van der Waals surface area contributed by atoms with E-state index >= 15 is 0 Å². The van der Waals surface area contributed by atoms with Crippen molar-refractivity contribution in [1.82, 2.24) is 4.90 Å². The van der Waals surface area contributed by atoms with Gasteiger partial charge in [0.1, 0.15) is 4.90 Å². The second kappa shape index (κ2) is 8.51. The molecule has 0 saturated carbocycles. The Hall–Kier alpha value is -2.42. The normalized spacial score (nSPS) is 11.1. The van der Waals surface area contributed by atoms with Crippen LogP contribution in [0.4, 0.5) is 0 Å². The second-order valence-electron chi connectivity index (χ2n) is 6.00. The summed E-state index contributed by atoms with van der Waals surface area (Å²) in [5.41, 5.74) is 1.99. The molecule has 0 aromatic heterocycles. The summed E-state index contributed by atoms with van der Waals surface area (Å²) in [6.45, 7) is 1.86. The van der Waals surface area contributed by atoms with Gasteiger partial charge >= 0.3 is 5.97 Å². The Labute approximate surface area is 162 Å². The number of hydrogen-bond donors (Lipinski definition) is 1. The number of benzene rings is 2. The molecule has 27 heavy (non-hydrogen) atoms. The lowest BCUT2D eigenvalue weighted by Gasteiger charge is -2.17. The number of halogens is 1. The molecule has 144 valence electrons. The molecule has 0 fully saturated rings. The molecule has 2 aromatic carbocycles. The van der Waals surface area contributed by atoms with Gasteiger partial charge in [0, 0.05) is 13.6 Å². The lowest BCUT2D eigenvalue weighted by Crippen LogP contribution is -2.30. The number of primary sulfonamides is 1. The fourth-order valence-corrected chi connectivity index (χ4v) is 3.30. The number of hydrogen-bond acceptors (Lipinski definition) is 5. The molecule has 9 heteroatoms. The van der Waals surface area contributed by atoms with E-state index in [4.69, 9.17) is 21.5 Å². The van der Waals surface area contributed by atoms with Crippen LogP contribution in [0.3, 0.4) is 0 Å². The summed E-state index contributed by atoms with van der Waals surface area (Å²) in [4.78, 5) is 25.3. The third-order valence-electron chi connectivity index (χ3n) is 3.77. The molecule has 0 aliphatic carbocycles. The van der Waals surface area contributed by atoms with Crippen molar-refractivity contribution in [2.75, 3.05) is 13.7 Å². The highest BCUT2D eigenvalue weighted by Crippen LogP contribution is 2.21. The number of likely N-dealkylation sites (N-methyl/N-ethyl adjacent to an activating group) is 1. The lowest BCUT2D eigenvalue weighted by atomic mass is 10.1. The van der Waals surface area contributed by atoms with Crippen molar-refractivity contribution in [2.45, 2.75) is 18.4 Å². The molecular weight excluding hydrogens is 392 g/mol. The quantitative estimate of drug-likeness (QED) is 0.734. The van der Waals surface area contributed by atoms with Gasteiger partial charge in [-0.05, 0) is 30.7 Å². The Bertz CT molecular complexity index is 958. The minimum Gasteiger partial charge on any atom is -0.452 e. The molecule has 0 saturated heterocycles. The van der Waals surface area contributed by atoms with Crippen molar-refractivity contribution in [1.29, 1.82) is 0 Å². The highest BCUT2D eigenvalue weighted by Gasteiger charge is 2.18. The number of carbonyl (C=O) groups is 2. The fourth-order valence-electron chi connectivity index (χ4n) is 2.22. The lowest BCUT2D eigenvalue weighted by molar-refractivity contribution is -0.133. The topological polar surface area (TPSA) is 107 Å². The summed E-state index contributed by atoms with van der Waals surface area (Å²) >= 11 is 5.77. The van der Waals surface area contributed by atoms with Gasteiger partial charge in [0.05, 0.1) is 10.6 Å². The van der Waals surface area contributed by atoms with Crippen LogP contribution in [0.5, 0.6) is 0 Å². The van der Waals surface area contributed by atoms with Gasteiger partial charge in [0.25, 0.3) is 5.91 Å². The van der Waals surface area contributed by atoms with Crippen molar-refractivity contribution in [3.05, 3.63) is 64.2 Å².